The molecule has 0 heterocycles. The summed E-state index contributed by atoms with van der Waals surface area (Å²) in [5.74, 6) is 4.05. The molecule has 0 spiro atoms. The number of carbonyl (C=O) groups excluding carboxylic acids is 1. The molecule has 21 heavy (non-hydrogen) atoms. The molecule has 4 aliphatic carbocycles. The van der Waals surface area contributed by atoms with E-state index in [1.54, 1.807) is 0 Å². The largest absolute Gasteiger partial charge is 0.298 e. The first-order valence-corrected chi connectivity index (χ1v) is 10.4. The third-order valence-electron chi connectivity index (χ3n) is 8.28. The Kier molecular flexibility index (Phi) is 3.52. The number of hydrogen-bond acceptors (Lipinski definition) is 1. The van der Waals surface area contributed by atoms with E-state index in [0.29, 0.717) is 21.0 Å². The van der Waals surface area contributed by atoms with Crippen LogP contribution in [0.4, 0.5) is 0 Å². The maximum absolute atomic E-state index is 12.7. The third kappa shape index (κ3) is 1.96. The van der Waals surface area contributed by atoms with Gasteiger partial charge in [0.1, 0.15) is 0 Å². The maximum atomic E-state index is 12.7. The van der Waals surface area contributed by atoms with Gasteiger partial charge in [-0.3, -0.25) is 4.79 Å². The highest BCUT2D eigenvalue weighted by molar-refractivity contribution is 14.1. The number of rotatable bonds is 0. The van der Waals surface area contributed by atoms with Gasteiger partial charge in [-0.05, 0) is 74.0 Å². The average molecular weight is 400 g/mol. The standard InChI is InChI=1S/C19H29IO/c1-18-9-4-3-5-12(18)6-7-13-14(18)8-10-19(2)15(13)11-16(20)17(19)21/h12-16H,3-11H2,1-2H3/t12-,13-,14+,15+,16-,18+,19+/m1/s1. The lowest BCUT2D eigenvalue weighted by molar-refractivity contribution is -0.138. The quantitative estimate of drug-likeness (QED) is 0.393. The Morgan fingerprint density at radius 3 is 2.62 bits per heavy atom. The van der Waals surface area contributed by atoms with E-state index < -0.39 is 0 Å². The van der Waals surface area contributed by atoms with E-state index in [-0.39, 0.29) is 5.41 Å². The number of carbonyl (C=O) groups is 1. The fraction of sp³-hybridized carbons (Fsp3) is 0.947. The van der Waals surface area contributed by atoms with Gasteiger partial charge in [-0.15, -0.1) is 0 Å². The van der Waals surface area contributed by atoms with Crippen LogP contribution >= 0.6 is 22.6 Å². The van der Waals surface area contributed by atoms with Gasteiger partial charge in [0.05, 0.1) is 3.92 Å². The van der Waals surface area contributed by atoms with Gasteiger partial charge in [0.25, 0.3) is 0 Å². The molecule has 1 nitrogen and oxygen atoms in total. The molecule has 0 bridgehead atoms. The predicted octanol–water partition coefficient (Wildman–Crippen LogP) is 5.40. The summed E-state index contributed by atoms with van der Waals surface area (Å²) in [7, 11) is 0. The van der Waals surface area contributed by atoms with Crippen LogP contribution in [0.25, 0.3) is 0 Å². The van der Waals surface area contributed by atoms with Crippen LogP contribution in [0.15, 0.2) is 0 Å². The van der Waals surface area contributed by atoms with E-state index in [0.717, 1.165) is 17.8 Å². The molecule has 0 unspecified atom stereocenters. The molecule has 0 aromatic heterocycles. The summed E-state index contributed by atoms with van der Waals surface area (Å²) in [6.07, 6.45) is 12.4. The van der Waals surface area contributed by atoms with Crippen LogP contribution in [0.2, 0.25) is 0 Å². The van der Waals surface area contributed by atoms with Crippen molar-refractivity contribution in [2.75, 3.05) is 0 Å². The monoisotopic (exact) mass is 400 g/mol. The number of hydrogen-bond donors (Lipinski definition) is 0. The molecule has 4 rings (SSSR count). The Morgan fingerprint density at radius 2 is 1.81 bits per heavy atom. The molecule has 4 saturated carbocycles. The van der Waals surface area contributed by atoms with E-state index in [9.17, 15) is 4.79 Å². The van der Waals surface area contributed by atoms with Crippen LogP contribution in [0, 0.1) is 34.5 Å². The first-order chi connectivity index (χ1) is 9.97. The van der Waals surface area contributed by atoms with Gasteiger partial charge in [-0.1, -0.05) is 49.3 Å². The zero-order valence-corrected chi connectivity index (χ0v) is 15.7. The molecule has 0 aromatic carbocycles. The van der Waals surface area contributed by atoms with Crippen LogP contribution in [-0.4, -0.2) is 9.71 Å². The van der Waals surface area contributed by atoms with E-state index in [2.05, 4.69) is 36.4 Å². The van der Waals surface area contributed by atoms with Gasteiger partial charge >= 0.3 is 0 Å². The Balaban J connectivity index is 1.67. The van der Waals surface area contributed by atoms with Crippen LogP contribution < -0.4 is 0 Å². The topological polar surface area (TPSA) is 17.1 Å². The lowest BCUT2D eigenvalue weighted by Crippen LogP contribution is -2.52. The molecule has 118 valence electrons. The third-order valence-corrected chi connectivity index (χ3v) is 9.36. The van der Waals surface area contributed by atoms with E-state index in [4.69, 9.17) is 0 Å². The highest BCUT2D eigenvalue weighted by Crippen LogP contribution is 2.65. The highest BCUT2D eigenvalue weighted by atomic mass is 127. The average Bonchev–Trinajstić information content (AvgIpc) is 2.70. The van der Waals surface area contributed by atoms with Crippen molar-refractivity contribution in [3.8, 4) is 0 Å². The lowest BCUT2D eigenvalue weighted by Gasteiger charge is -2.59. The predicted molar refractivity (Wildman–Crippen MR) is 94.5 cm³/mol. The van der Waals surface area contributed by atoms with Crippen molar-refractivity contribution in [3.05, 3.63) is 0 Å². The molecule has 0 amide bonds. The van der Waals surface area contributed by atoms with Crippen LogP contribution in [0.3, 0.4) is 0 Å². The first kappa shape index (κ1) is 15.0. The summed E-state index contributed by atoms with van der Waals surface area (Å²) in [6.45, 7) is 4.93. The molecule has 4 aliphatic rings. The fourth-order valence-electron chi connectivity index (χ4n) is 7.04. The molecule has 0 radical (unpaired) electrons. The molecular formula is C19H29IO. The van der Waals surface area contributed by atoms with Gasteiger partial charge in [0.2, 0.25) is 0 Å². The van der Waals surface area contributed by atoms with Gasteiger partial charge in [0, 0.05) is 5.41 Å². The van der Waals surface area contributed by atoms with Crippen LogP contribution in [-0.2, 0) is 4.79 Å². The van der Waals surface area contributed by atoms with Crippen molar-refractivity contribution >= 4 is 28.4 Å². The number of halogens is 1. The summed E-state index contributed by atoms with van der Waals surface area (Å²) in [6, 6.07) is 0. The second kappa shape index (κ2) is 4.95. The van der Waals surface area contributed by atoms with E-state index in [1.807, 2.05) is 0 Å². The van der Waals surface area contributed by atoms with Gasteiger partial charge in [-0.25, -0.2) is 0 Å². The summed E-state index contributed by atoms with van der Waals surface area (Å²) in [4.78, 5) is 12.7. The van der Waals surface area contributed by atoms with Crippen LogP contribution in [0.1, 0.15) is 71.6 Å². The van der Waals surface area contributed by atoms with Crippen molar-refractivity contribution in [1.82, 2.24) is 0 Å². The second-order valence-electron chi connectivity index (χ2n) is 8.93. The summed E-state index contributed by atoms with van der Waals surface area (Å²) in [5.41, 5.74) is 0.639. The Hall–Kier alpha value is 0.400. The number of ketones is 1. The summed E-state index contributed by atoms with van der Waals surface area (Å²) < 4.78 is 0.299. The van der Waals surface area contributed by atoms with Gasteiger partial charge in [0.15, 0.2) is 5.78 Å². The number of fused-ring (bicyclic) bond motifs is 5. The van der Waals surface area contributed by atoms with Crippen molar-refractivity contribution in [1.29, 1.82) is 0 Å². The van der Waals surface area contributed by atoms with Crippen molar-refractivity contribution < 1.29 is 4.79 Å². The van der Waals surface area contributed by atoms with Gasteiger partial charge in [-0.2, -0.15) is 0 Å². The Bertz CT molecular complexity index is 460. The van der Waals surface area contributed by atoms with Crippen LogP contribution in [0.5, 0.6) is 0 Å². The second-order valence-corrected chi connectivity index (χ2v) is 10.4. The summed E-state index contributed by atoms with van der Waals surface area (Å²) >= 11 is 2.43. The van der Waals surface area contributed by atoms with Crippen molar-refractivity contribution in [3.63, 3.8) is 0 Å². The maximum Gasteiger partial charge on any atom is 0.151 e. The fourth-order valence-corrected chi connectivity index (χ4v) is 8.30. The Morgan fingerprint density at radius 1 is 1.00 bits per heavy atom. The van der Waals surface area contributed by atoms with E-state index in [1.165, 1.54) is 57.8 Å². The molecule has 0 aromatic rings. The zero-order valence-electron chi connectivity index (χ0n) is 13.5. The minimum Gasteiger partial charge on any atom is -0.298 e. The normalized spacial score (nSPS) is 56.5. The molecule has 4 fully saturated rings. The van der Waals surface area contributed by atoms with E-state index >= 15 is 0 Å². The molecule has 0 N–H and O–H groups in total. The first-order valence-electron chi connectivity index (χ1n) is 9.15. The molecule has 0 saturated heterocycles. The SMILES string of the molecule is C[C@]12CCCC[C@@H]1CC[C@@H]1[C@@H]2CC[C@]2(C)C(=O)[C@H](I)C[C@@H]12. The minimum absolute atomic E-state index is 0.0326. The number of Topliss-reactive ketones (excluding diaryl/α,β-unsaturated/α-hetero) is 1. The summed E-state index contributed by atoms with van der Waals surface area (Å²) in [5, 5.41) is 0. The zero-order chi connectivity index (χ0) is 14.8. The molecular weight excluding hydrogens is 371 g/mol. The molecule has 2 heteroatoms. The highest BCUT2D eigenvalue weighted by Gasteiger charge is 2.61. The van der Waals surface area contributed by atoms with Gasteiger partial charge < -0.3 is 0 Å². The van der Waals surface area contributed by atoms with Crippen molar-refractivity contribution in [2.24, 2.45) is 34.5 Å². The van der Waals surface area contributed by atoms with Crippen molar-refractivity contribution in [2.45, 2.75) is 75.6 Å². The lowest BCUT2D eigenvalue weighted by atomic mass is 9.45. The minimum atomic E-state index is 0.0326. The Labute approximate surface area is 143 Å². The smallest absolute Gasteiger partial charge is 0.151 e. The number of alkyl halides is 1. The molecule has 0 aliphatic heterocycles. The molecule has 7 atom stereocenters.